The average Bonchev–Trinajstić information content (AvgIpc) is 2.58. The summed E-state index contributed by atoms with van der Waals surface area (Å²) in [5.41, 5.74) is -0.483. The van der Waals surface area contributed by atoms with Gasteiger partial charge < -0.3 is 5.32 Å². The van der Waals surface area contributed by atoms with Crippen molar-refractivity contribution >= 4 is 5.65 Å². The smallest absolute Gasteiger partial charge is 0.315 e. The Morgan fingerprint density at radius 2 is 2.00 bits per heavy atom. The topological polar surface area (TPSA) is 42.2 Å². The van der Waals surface area contributed by atoms with Gasteiger partial charge in [0, 0.05) is 19.0 Å². The summed E-state index contributed by atoms with van der Waals surface area (Å²) in [6.07, 6.45) is -4.40. The van der Waals surface area contributed by atoms with Gasteiger partial charge in [-0.2, -0.15) is 13.2 Å². The molecular formula is C10H9F3N4. The van der Waals surface area contributed by atoms with Gasteiger partial charge in [0.2, 0.25) is 0 Å². The van der Waals surface area contributed by atoms with Gasteiger partial charge in [0.1, 0.15) is 11.5 Å². The average molecular weight is 242 g/mol. The van der Waals surface area contributed by atoms with Crippen molar-refractivity contribution in [1.29, 1.82) is 0 Å². The summed E-state index contributed by atoms with van der Waals surface area (Å²) in [5, 5.41) is 10.7. The van der Waals surface area contributed by atoms with Crippen LogP contribution in [0.1, 0.15) is 17.4 Å². The molecule has 1 N–H and O–H groups in total. The lowest BCUT2D eigenvalue weighted by molar-refractivity contribution is -0.142. The second-order valence-corrected chi connectivity index (χ2v) is 4.02. The van der Waals surface area contributed by atoms with Crippen molar-refractivity contribution in [2.45, 2.75) is 12.1 Å². The molecule has 1 saturated heterocycles. The number of nitrogens with zero attached hydrogens (tertiary/aromatic N) is 3. The molecular weight excluding hydrogens is 233 g/mol. The molecule has 0 amide bonds. The summed E-state index contributed by atoms with van der Waals surface area (Å²) in [6.45, 7) is 1.29. The molecule has 0 bridgehead atoms. The highest BCUT2D eigenvalue weighted by Crippen LogP contribution is 2.31. The Bertz CT molecular complexity index is 556. The number of hydrogen-bond donors (Lipinski definition) is 1. The highest BCUT2D eigenvalue weighted by atomic mass is 19.4. The Morgan fingerprint density at radius 3 is 2.59 bits per heavy atom. The molecule has 0 aliphatic carbocycles. The Morgan fingerprint density at radius 1 is 1.24 bits per heavy atom. The molecule has 0 aromatic carbocycles. The Kier molecular flexibility index (Phi) is 2.12. The van der Waals surface area contributed by atoms with Gasteiger partial charge >= 0.3 is 6.18 Å². The summed E-state index contributed by atoms with van der Waals surface area (Å²) in [6, 6.07) is 3.92. The molecule has 2 aromatic rings. The standard InChI is InChI=1S/C10H9F3N4/c11-10(12,13)7-2-1-3-8-15-16-9(17(7)8)6-4-14-5-6/h1-3,6,14H,4-5H2. The molecule has 1 fully saturated rings. The van der Waals surface area contributed by atoms with E-state index in [4.69, 9.17) is 0 Å². The number of nitrogens with one attached hydrogen (secondary N) is 1. The zero-order chi connectivity index (χ0) is 12.0. The van der Waals surface area contributed by atoms with E-state index in [1.807, 2.05) is 0 Å². The van der Waals surface area contributed by atoms with Gasteiger partial charge in [0.05, 0.1) is 0 Å². The van der Waals surface area contributed by atoms with Crippen LogP contribution in [0.15, 0.2) is 18.2 Å². The molecule has 3 rings (SSSR count). The fourth-order valence-corrected chi connectivity index (χ4v) is 1.92. The number of alkyl halides is 3. The van der Waals surface area contributed by atoms with Crippen LogP contribution in [0, 0.1) is 0 Å². The predicted octanol–water partition coefficient (Wildman–Crippen LogP) is 1.43. The highest BCUT2D eigenvalue weighted by molar-refractivity contribution is 5.41. The van der Waals surface area contributed by atoms with Crippen LogP contribution in [0.25, 0.3) is 5.65 Å². The maximum Gasteiger partial charge on any atom is 0.431 e. The molecule has 0 radical (unpaired) electrons. The van der Waals surface area contributed by atoms with Gasteiger partial charge in [0.25, 0.3) is 0 Å². The van der Waals surface area contributed by atoms with E-state index in [1.165, 1.54) is 12.1 Å². The Hall–Kier alpha value is -1.63. The molecule has 2 aromatic heterocycles. The molecule has 0 saturated carbocycles. The lowest BCUT2D eigenvalue weighted by atomic mass is 10.0. The zero-order valence-corrected chi connectivity index (χ0v) is 8.70. The van der Waals surface area contributed by atoms with E-state index in [1.54, 1.807) is 0 Å². The molecule has 0 unspecified atom stereocenters. The zero-order valence-electron chi connectivity index (χ0n) is 8.70. The van der Waals surface area contributed by atoms with E-state index < -0.39 is 11.9 Å². The molecule has 1 aliphatic heterocycles. The van der Waals surface area contributed by atoms with Gasteiger partial charge in [-0.25, -0.2) is 0 Å². The first-order valence-electron chi connectivity index (χ1n) is 5.19. The Balaban J connectivity index is 2.24. The normalized spacial score (nSPS) is 17.4. The van der Waals surface area contributed by atoms with Crippen molar-refractivity contribution in [3.8, 4) is 0 Å². The summed E-state index contributed by atoms with van der Waals surface area (Å²) in [4.78, 5) is 0. The van der Waals surface area contributed by atoms with Crippen LogP contribution in [0.2, 0.25) is 0 Å². The third-order valence-corrected chi connectivity index (χ3v) is 2.89. The minimum absolute atomic E-state index is 0.00787. The van der Waals surface area contributed by atoms with Crippen molar-refractivity contribution in [2.75, 3.05) is 13.1 Å². The first-order chi connectivity index (χ1) is 8.07. The maximum absolute atomic E-state index is 12.9. The minimum Gasteiger partial charge on any atom is -0.315 e. The summed E-state index contributed by atoms with van der Waals surface area (Å²) >= 11 is 0. The van der Waals surface area contributed by atoms with Gasteiger partial charge in [-0.1, -0.05) is 6.07 Å². The molecule has 1 aliphatic rings. The van der Waals surface area contributed by atoms with Crippen LogP contribution < -0.4 is 5.32 Å². The van der Waals surface area contributed by atoms with Gasteiger partial charge in [-0.3, -0.25) is 4.40 Å². The maximum atomic E-state index is 12.9. The van der Waals surface area contributed by atoms with Gasteiger partial charge in [0.15, 0.2) is 5.65 Å². The van der Waals surface area contributed by atoms with Crippen molar-refractivity contribution in [3.63, 3.8) is 0 Å². The summed E-state index contributed by atoms with van der Waals surface area (Å²) in [5.74, 6) is 0.389. The first-order valence-corrected chi connectivity index (χ1v) is 5.19. The molecule has 90 valence electrons. The summed E-state index contributed by atoms with van der Waals surface area (Å²) in [7, 11) is 0. The molecule has 7 heteroatoms. The van der Waals surface area contributed by atoms with Crippen LogP contribution in [0.3, 0.4) is 0 Å². The van der Waals surface area contributed by atoms with Crippen LogP contribution >= 0.6 is 0 Å². The third-order valence-electron chi connectivity index (χ3n) is 2.89. The lowest BCUT2D eigenvalue weighted by Crippen LogP contribution is -2.41. The van der Waals surface area contributed by atoms with E-state index in [0.29, 0.717) is 18.9 Å². The number of fused-ring (bicyclic) bond motifs is 1. The van der Waals surface area contributed by atoms with E-state index >= 15 is 0 Å². The predicted molar refractivity (Wildman–Crippen MR) is 53.6 cm³/mol. The van der Waals surface area contributed by atoms with Crippen LogP contribution in [0.4, 0.5) is 13.2 Å². The van der Waals surface area contributed by atoms with Gasteiger partial charge in [-0.05, 0) is 12.1 Å². The fraction of sp³-hybridized carbons (Fsp3) is 0.400. The lowest BCUT2D eigenvalue weighted by Gasteiger charge is -2.26. The van der Waals surface area contributed by atoms with Crippen molar-refractivity contribution in [2.24, 2.45) is 0 Å². The Labute approximate surface area is 94.5 Å². The molecule has 0 atom stereocenters. The first kappa shape index (κ1) is 10.5. The third kappa shape index (κ3) is 1.57. The monoisotopic (exact) mass is 242 g/mol. The second kappa shape index (κ2) is 3.43. The van der Waals surface area contributed by atoms with E-state index in [0.717, 1.165) is 10.5 Å². The van der Waals surface area contributed by atoms with E-state index in [-0.39, 0.29) is 11.6 Å². The molecule has 3 heterocycles. The summed E-state index contributed by atoms with van der Waals surface area (Å²) < 4.78 is 39.7. The minimum atomic E-state index is -4.40. The van der Waals surface area contributed by atoms with Crippen molar-refractivity contribution < 1.29 is 13.2 Å². The molecule has 4 nitrogen and oxygen atoms in total. The van der Waals surface area contributed by atoms with Crippen LogP contribution in [0.5, 0.6) is 0 Å². The van der Waals surface area contributed by atoms with Crippen molar-refractivity contribution in [3.05, 3.63) is 29.7 Å². The van der Waals surface area contributed by atoms with Crippen LogP contribution in [-0.2, 0) is 6.18 Å². The fourth-order valence-electron chi connectivity index (χ4n) is 1.92. The highest BCUT2D eigenvalue weighted by Gasteiger charge is 2.36. The van der Waals surface area contributed by atoms with Crippen molar-refractivity contribution in [1.82, 2.24) is 19.9 Å². The SMILES string of the molecule is FC(F)(F)c1cccc2nnc(C3CNC3)n12. The number of rotatable bonds is 1. The number of pyridine rings is 1. The number of halogens is 3. The number of aromatic nitrogens is 3. The quantitative estimate of drug-likeness (QED) is 0.822. The van der Waals surface area contributed by atoms with Gasteiger partial charge in [-0.15, -0.1) is 10.2 Å². The largest absolute Gasteiger partial charge is 0.431 e. The van der Waals surface area contributed by atoms with Crippen LogP contribution in [-0.4, -0.2) is 27.7 Å². The number of hydrogen-bond acceptors (Lipinski definition) is 3. The van der Waals surface area contributed by atoms with E-state index in [9.17, 15) is 13.2 Å². The molecule has 0 spiro atoms. The molecule has 17 heavy (non-hydrogen) atoms. The second-order valence-electron chi connectivity index (χ2n) is 4.02. The van der Waals surface area contributed by atoms with E-state index in [2.05, 4.69) is 15.5 Å².